The quantitative estimate of drug-likeness (QED) is 0.727. The van der Waals surface area contributed by atoms with Crippen LogP contribution in [0.5, 0.6) is 0 Å². The second kappa shape index (κ2) is 6.75. The van der Waals surface area contributed by atoms with Crippen LogP contribution < -0.4 is 5.32 Å². The molecule has 0 aliphatic heterocycles. The molecule has 0 saturated carbocycles. The van der Waals surface area contributed by atoms with Crippen molar-refractivity contribution in [2.24, 2.45) is 0 Å². The number of hydrogen-bond acceptors (Lipinski definition) is 3. The monoisotopic (exact) mass is 330 g/mol. The number of nitrogens with one attached hydrogen (secondary N) is 1. The Morgan fingerprint density at radius 2 is 1.91 bits per heavy atom. The number of aromatic nitrogens is 1. The van der Waals surface area contributed by atoms with Gasteiger partial charge in [-0.2, -0.15) is 0 Å². The highest BCUT2D eigenvalue weighted by molar-refractivity contribution is 8.00. The fourth-order valence-electron chi connectivity index (χ4n) is 2.11. The molecule has 0 unspecified atom stereocenters. The Labute approximate surface area is 135 Å². The van der Waals surface area contributed by atoms with Crippen molar-refractivity contribution in [3.63, 3.8) is 0 Å². The third-order valence-electron chi connectivity index (χ3n) is 3.17. The van der Waals surface area contributed by atoms with E-state index < -0.39 is 11.6 Å². The number of anilines is 1. The third kappa shape index (κ3) is 3.65. The van der Waals surface area contributed by atoms with Gasteiger partial charge in [0.25, 0.3) is 0 Å². The van der Waals surface area contributed by atoms with Gasteiger partial charge >= 0.3 is 0 Å². The van der Waals surface area contributed by atoms with Crippen LogP contribution in [0.4, 0.5) is 14.5 Å². The zero-order chi connectivity index (χ0) is 16.2. The zero-order valence-corrected chi connectivity index (χ0v) is 12.7. The number of pyridine rings is 1. The van der Waals surface area contributed by atoms with Crippen molar-refractivity contribution in [1.29, 1.82) is 0 Å². The van der Waals surface area contributed by atoms with E-state index >= 15 is 0 Å². The number of carbonyl (C=O) groups excluding carboxylic acids is 1. The summed E-state index contributed by atoms with van der Waals surface area (Å²) in [6, 6.07) is 12.8. The lowest BCUT2D eigenvalue weighted by molar-refractivity contribution is -0.113. The molecule has 6 heteroatoms. The minimum atomic E-state index is -0.923. The van der Waals surface area contributed by atoms with Crippen molar-refractivity contribution in [2.75, 3.05) is 11.1 Å². The number of nitrogens with zero attached hydrogens (tertiary/aromatic N) is 1. The Balaban J connectivity index is 1.68. The van der Waals surface area contributed by atoms with Crippen LogP contribution in [0.15, 0.2) is 59.6 Å². The Bertz CT molecular complexity index is 865. The molecule has 0 bridgehead atoms. The topological polar surface area (TPSA) is 42.0 Å². The third-order valence-corrected chi connectivity index (χ3v) is 4.16. The number of amides is 1. The molecule has 3 aromatic rings. The lowest BCUT2D eigenvalue weighted by Crippen LogP contribution is -2.14. The van der Waals surface area contributed by atoms with Gasteiger partial charge in [0.15, 0.2) is 11.6 Å². The Morgan fingerprint density at radius 3 is 2.74 bits per heavy atom. The van der Waals surface area contributed by atoms with Crippen molar-refractivity contribution >= 4 is 34.3 Å². The maximum absolute atomic E-state index is 13.1. The van der Waals surface area contributed by atoms with Crippen LogP contribution in [0, 0.1) is 11.6 Å². The first kappa shape index (κ1) is 15.4. The van der Waals surface area contributed by atoms with E-state index in [9.17, 15) is 13.6 Å². The summed E-state index contributed by atoms with van der Waals surface area (Å²) >= 11 is 1.14. The molecule has 0 fully saturated rings. The number of carbonyl (C=O) groups is 1. The van der Waals surface area contributed by atoms with E-state index in [0.717, 1.165) is 29.3 Å². The van der Waals surface area contributed by atoms with Crippen molar-refractivity contribution in [1.82, 2.24) is 4.98 Å². The molecule has 1 N–H and O–H groups in total. The van der Waals surface area contributed by atoms with Gasteiger partial charge in [-0.15, -0.1) is 11.8 Å². The standard InChI is InChI=1S/C17H12F2N2OS/c18-13-7-6-12(9-14(13)19)23-10-16(22)21-15-5-1-3-11-4-2-8-20-17(11)15/h1-9H,10H2,(H,21,22). The first-order valence-corrected chi connectivity index (χ1v) is 7.83. The van der Waals surface area contributed by atoms with Crippen molar-refractivity contribution in [2.45, 2.75) is 4.90 Å². The summed E-state index contributed by atoms with van der Waals surface area (Å²) < 4.78 is 26.0. The molecular weight excluding hydrogens is 318 g/mol. The largest absolute Gasteiger partial charge is 0.323 e. The van der Waals surface area contributed by atoms with Gasteiger partial charge in [-0.05, 0) is 30.3 Å². The van der Waals surface area contributed by atoms with Crippen LogP contribution in [0.25, 0.3) is 10.9 Å². The molecule has 3 nitrogen and oxygen atoms in total. The maximum Gasteiger partial charge on any atom is 0.234 e. The van der Waals surface area contributed by atoms with E-state index in [4.69, 9.17) is 0 Å². The smallest absolute Gasteiger partial charge is 0.234 e. The predicted molar refractivity (Wildman–Crippen MR) is 87.5 cm³/mol. The SMILES string of the molecule is O=C(CSc1ccc(F)c(F)c1)Nc1cccc2cccnc12. The second-order valence-electron chi connectivity index (χ2n) is 4.79. The molecule has 0 atom stereocenters. The number of hydrogen-bond donors (Lipinski definition) is 1. The molecular formula is C17H12F2N2OS. The summed E-state index contributed by atoms with van der Waals surface area (Å²) in [7, 11) is 0. The molecule has 0 aliphatic carbocycles. The molecule has 1 amide bonds. The van der Waals surface area contributed by atoms with Gasteiger partial charge in [-0.3, -0.25) is 9.78 Å². The summed E-state index contributed by atoms with van der Waals surface area (Å²) in [4.78, 5) is 16.8. The van der Waals surface area contributed by atoms with Gasteiger partial charge < -0.3 is 5.32 Å². The summed E-state index contributed by atoms with van der Waals surface area (Å²) in [5, 5.41) is 3.72. The molecule has 2 aromatic carbocycles. The normalized spacial score (nSPS) is 10.7. The number of halogens is 2. The Hall–Kier alpha value is -2.47. The first-order valence-electron chi connectivity index (χ1n) is 6.85. The van der Waals surface area contributed by atoms with Crippen LogP contribution in [0.1, 0.15) is 0 Å². The van der Waals surface area contributed by atoms with Gasteiger partial charge in [0.1, 0.15) is 0 Å². The first-order chi connectivity index (χ1) is 11.1. The van der Waals surface area contributed by atoms with Gasteiger partial charge in [-0.25, -0.2) is 8.78 Å². The van der Waals surface area contributed by atoms with E-state index in [1.165, 1.54) is 6.07 Å². The minimum absolute atomic E-state index is 0.0916. The highest BCUT2D eigenvalue weighted by atomic mass is 32.2. The molecule has 0 spiro atoms. The van der Waals surface area contributed by atoms with Crippen LogP contribution >= 0.6 is 11.8 Å². The van der Waals surface area contributed by atoms with Crippen LogP contribution in [0.2, 0.25) is 0 Å². The molecule has 0 radical (unpaired) electrons. The molecule has 116 valence electrons. The molecule has 0 saturated heterocycles. The molecule has 3 rings (SSSR count). The van der Waals surface area contributed by atoms with E-state index in [1.807, 2.05) is 24.3 Å². The van der Waals surface area contributed by atoms with Gasteiger partial charge in [0.05, 0.1) is 17.0 Å². The minimum Gasteiger partial charge on any atom is -0.323 e. The fourth-order valence-corrected chi connectivity index (χ4v) is 2.83. The second-order valence-corrected chi connectivity index (χ2v) is 5.84. The highest BCUT2D eigenvalue weighted by Crippen LogP contribution is 2.23. The van der Waals surface area contributed by atoms with Crippen LogP contribution in [-0.4, -0.2) is 16.6 Å². The highest BCUT2D eigenvalue weighted by Gasteiger charge is 2.09. The van der Waals surface area contributed by atoms with E-state index in [2.05, 4.69) is 10.3 Å². The molecule has 1 aromatic heterocycles. The van der Waals surface area contributed by atoms with Gasteiger partial charge in [0, 0.05) is 16.5 Å². The molecule has 1 heterocycles. The number of rotatable bonds is 4. The maximum atomic E-state index is 13.1. The van der Waals surface area contributed by atoms with Crippen LogP contribution in [-0.2, 0) is 4.79 Å². The zero-order valence-electron chi connectivity index (χ0n) is 11.9. The van der Waals surface area contributed by atoms with Crippen molar-refractivity contribution < 1.29 is 13.6 Å². The number of thioether (sulfide) groups is 1. The number of fused-ring (bicyclic) bond motifs is 1. The average molecular weight is 330 g/mol. The van der Waals surface area contributed by atoms with Crippen LogP contribution in [0.3, 0.4) is 0 Å². The number of benzene rings is 2. The summed E-state index contributed by atoms with van der Waals surface area (Å²) in [6.45, 7) is 0. The number of para-hydroxylation sites is 1. The summed E-state index contributed by atoms with van der Waals surface area (Å²) in [5.74, 6) is -1.97. The lowest BCUT2D eigenvalue weighted by Gasteiger charge is -2.08. The van der Waals surface area contributed by atoms with Gasteiger partial charge in [-0.1, -0.05) is 18.2 Å². The van der Waals surface area contributed by atoms with Gasteiger partial charge in [0.2, 0.25) is 5.91 Å². The average Bonchev–Trinajstić information content (AvgIpc) is 2.56. The Kier molecular flexibility index (Phi) is 4.52. The van der Waals surface area contributed by atoms with E-state index in [1.54, 1.807) is 12.3 Å². The summed E-state index contributed by atoms with van der Waals surface area (Å²) in [6.07, 6.45) is 1.66. The Morgan fingerprint density at radius 1 is 1.09 bits per heavy atom. The predicted octanol–water partition coefficient (Wildman–Crippen LogP) is 4.24. The fraction of sp³-hybridized carbons (Fsp3) is 0.0588. The van der Waals surface area contributed by atoms with E-state index in [-0.39, 0.29) is 11.7 Å². The molecule has 0 aliphatic rings. The summed E-state index contributed by atoms with van der Waals surface area (Å²) in [5.41, 5.74) is 1.33. The van der Waals surface area contributed by atoms with Crippen molar-refractivity contribution in [3.05, 3.63) is 66.4 Å². The van der Waals surface area contributed by atoms with E-state index in [0.29, 0.717) is 16.1 Å². The lowest BCUT2D eigenvalue weighted by atomic mass is 10.2. The molecule has 23 heavy (non-hydrogen) atoms. The van der Waals surface area contributed by atoms with Crippen molar-refractivity contribution in [3.8, 4) is 0 Å².